The summed E-state index contributed by atoms with van der Waals surface area (Å²) in [7, 11) is 1.94. The van der Waals surface area contributed by atoms with Gasteiger partial charge in [-0.3, -0.25) is 5.10 Å². The zero-order valence-corrected chi connectivity index (χ0v) is 10.3. The van der Waals surface area contributed by atoms with Gasteiger partial charge in [-0.1, -0.05) is 36.4 Å². The van der Waals surface area contributed by atoms with Gasteiger partial charge in [0.15, 0.2) is 0 Å². The molecule has 0 unspecified atom stereocenters. The van der Waals surface area contributed by atoms with Gasteiger partial charge in [0, 0.05) is 17.7 Å². The summed E-state index contributed by atoms with van der Waals surface area (Å²) in [5.41, 5.74) is 3.46. The Kier molecular flexibility index (Phi) is 2.82. The summed E-state index contributed by atoms with van der Waals surface area (Å²) >= 11 is 0. The Morgan fingerprint density at radius 2 is 1.94 bits per heavy atom. The first-order chi connectivity index (χ1) is 8.88. The molecular weight excluding hydrogens is 222 g/mol. The third-order valence-electron chi connectivity index (χ3n) is 3.12. The molecule has 90 valence electrons. The molecule has 0 saturated carbocycles. The molecule has 2 N–H and O–H groups in total. The Balaban J connectivity index is 2.10. The molecule has 1 heterocycles. The number of aromatic nitrogens is 2. The fourth-order valence-corrected chi connectivity index (χ4v) is 2.23. The van der Waals surface area contributed by atoms with Crippen molar-refractivity contribution in [3.05, 3.63) is 54.2 Å². The highest BCUT2D eigenvalue weighted by atomic mass is 15.1. The van der Waals surface area contributed by atoms with Crippen LogP contribution in [0.15, 0.2) is 48.7 Å². The Morgan fingerprint density at radius 1 is 1.11 bits per heavy atom. The lowest BCUT2D eigenvalue weighted by Gasteiger charge is -2.04. The first-order valence-electron chi connectivity index (χ1n) is 6.04. The Morgan fingerprint density at radius 3 is 2.78 bits per heavy atom. The van der Waals surface area contributed by atoms with Gasteiger partial charge in [-0.25, -0.2) is 0 Å². The van der Waals surface area contributed by atoms with Gasteiger partial charge in [0.1, 0.15) is 0 Å². The number of aromatic amines is 1. The van der Waals surface area contributed by atoms with Crippen molar-refractivity contribution < 1.29 is 0 Å². The SMILES string of the molecule is CNCc1cn[nH]c1-c1ccc2ccccc2c1. The molecule has 0 bridgehead atoms. The number of nitrogens with one attached hydrogen (secondary N) is 2. The molecule has 3 nitrogen and oxygen atoms in total. The predicted molar refractivity (Wildman–Crippen MR) is 74.3 cm³/mol. The van der Waals surface area contributed by atoms with E-state index >= 15 is 0 Å². The van der Waals surface area contributed by atoms with Gasteiger partial charge in [-0.15, -0.1) is 0 Å². The molecule has 1 aromatic heterocycles. The second kappa shape index (κ2) is 4.63. The predicted octanol–water partition coefficient (Wildman–Crippen LogP) is 2.95. The maximum Gasteiger partial charge on any atom is 0.0695 e. The second-order valence-electron chi connectivity index (χ2n) is 4.36. The zero-order chi connectivity index (χ0) is 12.4. The number of hydrogen-bond donors (Lipinski definition) is 2. The van der Waals surface area contributed by atoms with Gasteiger partial charge in [-0.05, 0) is 23.9 Å². The molecule has 3 heteroatoms. The van der Waals surface area contributed by atoms with Crippen LogP contribution in [0.5, 0.6) is 0 Å². The molecule has 0 radical (unpaired) electrons. The van der Waals surface area contributed by atoms with Gasteiger partial charge in [0.2, 0.25) is 0 Å². The minimum absolute atomic E-state index is 0.818. The molecule has 0 saturated heterocycles. The summed E-state index contributed by atoms with van der Waals surface area (Å²) in [6.45, 7) is 0.818. The fraction of sp³-hybridized carbons (Fsp3) is 0.133. The number of benzene rings is 2. The normalized spacial score (nSPS) is 10.9. The molecule has 0 spiro atoms. The van der Waals surface area contributed by atoms with Crippen molar-refractivity contribution in [3.8, 4) is 11.3 Å². The molecule has 0 amide bonds. The first-order valence-corrected chi connectivity index (χ1v) is 6.04. The average molecular weight is 237 g/mol. The van der Waals surface area contributed by atoms with E-state index in [-0.39, 0.29) is 0 Å². The van der Waals surface area contributed by atoms with Gasteiger partial charge >= 0.3 is 0 Å². The largest absolute Gasteiger partial charge is 0.316 e. The van der Waals surface area contributed by atoms with E-state index in [0.29, 0.717) is 0 Å². The quantitative estimate of drug-likeness (QED) is 0.735. The molecule has 0 atom stereocenters. The van der Waals surface area contributed by atoms with E-state index in [0.717, 1.165) is 12.2 Å². The van der Waals surface area contributed by atoms with Gasteiger partial charge in [-0.2, -0.15) is 5.10 Å². The van der Waals surface area contributed by atoms with E-state index in [2.05, 4.69) is 58.0 Å². The fourth-order valence-electron chi connectivity index (χ4n) is 2.23. The van der Waals surface area contributed by atoms with Crippen LogP contribution in [0.1, 0.15) is 5.56 Å². The minimum atomic E-state index is 0.818. The maximum atomic E-state index is 4.13. The number of H-pyrrole nitrogens is 1. The molecule has 2 aromatic carbocycles. The van der Waals surface area contributed by atoms with Crippen molar-refractivity contribution in [1.82, 2.24) is 15.5 Å². The van der Waals surface area contributed by atoms with Crippen LogP contribution in [-0.2, 0) is 6.54 Å². The van der Waals surface area contributed by atoms with Gasteiger partial charge < -0.3 is 5.32 Å². The van der Waals surface area contributed by atoms with Crippen molar-refractivity contribution in [3.63, 3.8) is 0 Å². The van der Waals surface area contributed by atoms with E-state index in [4.69, 9.17) is 0 Å². The summed E-state index contributed by atoms with van der Waals surface area (Å²) in [6.07, 6.45) is 1.88. The number of hydrogen-bond acceptors (Lipinski definition) is 2. The maximum absolute atomic E-state index is 4.13. The molecule has 0 fully saturated rings. The van der Waals surface area contributed by atoms with Crippen LogP contribution in [-0.4, -0.2) is 17.2 Å². The van der Waals surface area contributed by atoms with Crippen LogP contribution in [0.2, 0.25) is 0 Å². The van der Waals surface area contributed by atoms with Crippen LogP contribution >= 0.6 is 0 Å². The minimum Gasteiger partial charge on any atom is -0.316 e. The number of rotatable bonds is 3. The van der Waals surface area contributed by atoms with Crippen LogP contribution < -0.4 is 5.32 Å². The van der Waals surface area contributed by atoms with Crippen LogP contribution in [0.25, 0.3) is 22.0 Å². The van der Waals surface area contributed by atoms with Crippen molar-refractivity contribution in [2.45, 2.75) is 6.54 Å². The molecule has 3 rings (SSSR count). The highest BCUT2D eigenvalue weighted by Gasteiger charge is 2.07. The summed E-state index contributed by atoms with van der Waals surface area (Å²) < 4.78 is 0. The van der Waals surface area contributed by atoms with Crippen molar-refractivity contribution in [2.75, 3.05) is 7.05 Å². The van der Waals surface area contributed by atoms with Crippen molar-refractivity contribution >= 4 is 10.8 Å². The number of nitrogens with zero attached hydrogens (tertiary/aromatic N) is 1. The van der Waals surface area contributed by atoms with E-state index in [1.54, 1.807) is 0 Å². The molecule has 0 aliphatic heterocycles. The van der Waals surface area contributed by atoms with Crippen molar-refractivity contribution in [2.24, 2.45) is 0 Å². The smallest absolute Gasteiger partial charge is 0.0695 e. The Labute approximate surface area is 106 Å². The van der Waals surface area contributed by atoms with E-state index in [9.17, 15) is 0 Å². The molecule has 0 aliphatic carbocycles. The highest BCUT2D eigenvalue weighted by molar-refractivity contribution is 5.87. The zero-order valence-electron chi connectivity index (χ0n) is 10.3. The second-order valence-corrected chi connectivity index (χ2v) is 4.36. The topological polar surface area (TPSA) is 40.7 Å². The molecule has 3 aromatic rings. The number of fused-ring (bicyclic) bond motifs is 1. The summed E-state index contributed by atoms with van der Waals surface area (Å²) in [5.74, 6) is 0. The third kappa shape index (κ3) is 1.89. The van der Waals surface area contributed by atoms with E-state index in [1.807, 2.05) is 13.2 Å². The summed E-state index contributed by atoms with van der Waals surface area (Å²) in [6, 6.07) is 14.9. The van der Waals surface area contributed by atoms with Gasteiger partial charge in [0.25, 0.3) is 0 Å². The monoisotopic (exact) mass is 237 g/mol. The standard InChI is InChI=1S/C15H15N3/c1-16-9-14-10-17-18-15(14)13-7-6-11-4-2-3-5-12(11)8-13/h2-8,10,16H,9H2,1H3,(H,17,18). The summed E-state index contributed by atoms with van der Waals surface area (Å²) in [4.78, 5) is 0. The van der Waals surface area contributed by atoms with Gasteiger partial charge in [0.05, 0.1) is 11.9 Å². The first kappa shape index (κ1) is 11.0. The van der Waals surface area contributed by atoms with E-state index < -0.39 is 0 Å². The van der Waals surface area contributed by atoms with Crippen molar-refractivity contribution in [1.29, 1.82) is 0 Å². The lowest BCUT2D eigenvalue weighted by atomic mass is 10.0. The lowest BCUT2D eigenvalue weighted by molar-refractivity contribution is 0.820. The summed E-state index contributed by atoms with van der Waals surface area (Å²) in [5, 5.41) is 12.9. The molecule has 18 heavy (non-hydrogen) atoms. The average Bonchev–Trinajstić information content (AvgIpc) is 2.87. The van der Waals surface area contributed by atoms with Crippen LogP contribution in [0.3, 0.4) is 0 Å². The Bertz CT molecular complexity index is 670. The molecule has 0 aliphatic rings. The van der Waals surface area contributed by atoms with Crippen LogP contribution in [0.4, 0.5) is 0 Å². The lowest BCUT2D eigenvalue weighted by Crippen LogP contribution is -2.05. The van der Waals surface area contributed by atoms with E-state index in [1.165, 1.54) is 21.9 Å². The van der Waals surface area contributed by atoms with Crippen LogP contribution in [0, 0.1) is 0 Å². The highest BCUT2D eigenvalue weighted by Crippen LogP contribution is 2.25. The third-order valence-corrected chi connectivity index (χ3v) is 3.12. The Hall–Kier alpha value is -2.13. The molecular formula is C15H15N3.